The largest absolute Gasteiger partial charge is 0.623 e. The molecule has 0 saturated carbocycles. The van der Waals surface area contributed by atoms with Gasteiger partial charge in [0.2, 0.25) is 0 Å². The summed E-state index contributed by atoms with van der Waals surface area (Å²) in [5, 5.41) is 11.8. The van der Waals surface area contributed by atoms with Gasteiger partial charge in [-0.3, -0.25) is 0 Å². The van der Waals surface area contributed by atoms with Crippen molar-refractivity contribution in [1.82, 2.24) is 0 Å². The molecule has 4 nitrogen and oxygen atoms in total. The van der Waals surface area contributed by atoms with Gasteiger partial charge in [-0.2, -0.15) is 4.74 Å². The molecule has 0 radical (unpaired) electrons. The molecular weight excluding hydrogens is 230 g/mol. The van der Waals surface area contributed by atoms with Crippen LogP contribution in [0, 0.1) is 5.21 Å². The first-order valence-corrected chi connectivity index (χ1v) is 5.88. The Kier molecular flexibility index (Phi) is 4.48. The van der Waals surface area contributed by atoms with Crippen LogP contribution in [0.15, 0.2) is 30.3 Å². The zero-order valence-corrected chi connectivity index (χ0v) is 11.2. The van der Waals surface area contributed by atoms with Crippen LogP contribution in [0.4, 0.5) is 0 Å². The molecule has 0 amide bonds. The summed E-state index contributed by atoms with van der Waals surface area (Å²) in [6.45, 7) is 6.84. The first-order chi connectivity index (χ1) is 8.29. The number of rotatable bonds is 3. The second-order valence-electron chi connectivity index (χ2n) is 5.11. The fourth-order valence-corrected chi connectivity index (χ4v) is 1.29. The number of hydrogen-bond donors (Lipinski definition) is 0. The summed E-state index contributed by atoms with van der Waals surface area (Å²) in [6.07, 6.45) is 1.38. The summed E-state index contributed by atoms with van der Waals surface area (Å²) in [5.74, 6) is -0.523. The van der Waals surface area contributed by atoms with Gasteiger partial charge in [0.05, 0.1) is 0 Å². The van der Waals surface area contributed by atoms with Crippen molar-refractivity contribution in [3.05, 3.63) is 41.1 Å². The molecular formula is C14H19NO3. The summed E-state index contributed by atoms with van der Waals surface area (Å²) in [4.78, 5) is 11.7. The number of hydroxylamine groups is 1. The Hall–Kier alpha value is -1.84. The van der Waals surface area contributed by atoms with Crippen molar-refractivity contribution in [2.75, 3.05) is 0 Å². The van der Waals surface area contributed by atoms with E-state index in [0.717, 1.165) is 5.56 Å². The summed E-state index contributed by atoms with van der Waals surface area (Å²) in [7, 11) is 0. The fourth-order valence-electron chi connectivity index (χ4n) is 1.29. The monoisotopic (exact) mass is 249 g/mol. The molecule has 0 spiro atoms. The molecule has 18 heavy (non-hydrogen) atoms. The lowest BCUT2D eigenvalue weighted by molar-refractivity contribution is -0.480. The van der Waals surface area contributed by atoms with E-state index in [9.17, 15) is 10.0 Å². The fraction of sp³-hybridized carbons (Fsp3) is 0.429. The molecule has 98 valence electrons. The first-order valence-electron chi connectivity index (χ1n) is 5.88. The quantitative estimate of drug-likeness (QED) is 0.272. The minimum Gasteiger partial charge on any atom is -0.623 e. The van der Waals surface area contributed by atoms with Gasteiger partial charge < -0.3 is 9.94 Å². The third kappa shape index (κ3) is 4.57. The van der Waals surface area contributed by atoms with Gasteiger partial charge in [-0.15, -0.1) is 0 Å². The van der Waals surface area contributed by atoms with Crippen LogP contribution in [0.3, 0.4) is 0 Å². The molecule has 0 fully saturated rings. The van der Waals surface area contributed by atoms with E-state index in [1.165, 1.54) is 13.1 Å². The highest BCUT2D eigenvalue weighted by atomic mass is 16.6. The maximum absolute atomic E-state index is 11.8. The molecule has 0 aromatic heterocycles. The van der Waals surface area contributed by atoms with Gasteiger partial charge in [0.15, 0.2) is 6.21 Å². The lowest BCUT2D eigenvalue weighted by atomic mass is 10.2. The van der Waals surface area contributed by atoms with E-state index in [2.05, 4.69) is 0 Å². The lowest BCUT2D eigenvalue weighted by Crippen LogP contribution is -2.35. The Labute approximate surface area is 107 Å². The molecule has 0 aliphatic rings. The number of nitrogens with zero attached hydrogens (tertiary/aromatic N) is 1. The Morgan fingerprint density at radius 2 is 1.89 bits per heavy atom. The van der Waals surface area contributed by atoms with Crippen LogP contribution in [-0.4, -0.2) is 28.6 Å². The number of carbonyl (C=O) groups is 1. The molecule has 0 heterocycles. The van der Waals surface area contributed by atoms with Crippen LogP contribution < -0.4 is 0 Å². The number of benzene rings is 1. The maximum Gasteiger partial charge on any atom is 0.376 e. The van der Waals surface area contributed by atoms with E-state index in [1.54, 1.807) is 32.9 Å². The Morgan fingerprint density at radius 3 is 2.39 bits per heavy atom. The second-order valence-corrected chi connectivity index (χ2v) is 5.11. The molecule has 1 atom stereocenters. The summed E-state index contributed by atoms with van der Waals surface area (Å²) in [6, 6.07) is 8.27. The van der Waals surface area contributed by atoms with Crippen LogP contribution >= 0.6 is 0 Å². The normalized spacial score (nSPS) is 14.1. The van der Waals surface area contributed by atoms with Crippen molar-refractivity contribution in [3.8, 4) is 0 Å². The minimum atomic E-state index is -0.857. The van der Waals surface area contributed by atoms with E-state index in [4.69, 9.17) is 4.74 Å². The van der Waals surface area contributed by atoms with Crippen molar-refractivity contribution >= 4 is 12.2 Å². The highest BCUT2D eigenvalue weighted by Gasteiger charge is 2.26. The van der Waals surface area contributed by atoms with Gasteiger partial charge in [-0.05, 0) is 32.9 Å². The first kappa shape index (κ1) is 14.2. The van der Waals surface area contributed by atoms with Crippen molar-refractivity contribution < 1.29 is 14.3 Å². The zero-order valence-electron chi connectivity index (χ0n) is 11.2. The zero-order chi connectivity index (χ0) is 13.8. The molecule has 0 saturated heterocycles. The van der Waals surface area contributed by atoms with E-state index in [0.29, 0.717) is 4.74 Å². The maximum atomic E-state index is 11.8. The highest BCUT2D eigenvalue weighted by Crippen LogP contribution is 2.09. The van der Waals surface area contributed by atoms with Crippen LogP contribution in [-0.2, 0) is 9.53 Å². The molecule has 0 N–H and O–H groups in total. The molecule has 1 aromatic carbocycles. The van der Waals surface area contributed by atoms with Gasteiger partial charge >= 0.3 is 5.97 Å². The number of esters is 1. The molecule has 4 heteroatoms. The molecule has 0 aliphatic heterocycles. The summed E-state index contributed by atoms with van der Waals surface area (Å²) >= 11 is 0. The van der Waals surface area contributed by atoms with E-state index < -0.39 is 17.6 Å². The smallest absolute Gasteiger partial charge is 0.376 e. The Balaban J connectivity index is 2.75. The molecule has 1 aromatic rings. The Morgan fingerprint density at radius 1 is 1.33 bits per heavy atom. The standard InChI is InChI=1S/C14H19NO3/c1-11(13(16)18-14(2,3)4)15(17)10-12-8-6-5-7-9-12/h5-11H,1-4H3/t11-/m0/s1. The number of ether oxygens (including phenoxy) is 1. The Bertz CT molecular complexity index is 432. The second kappa shape index (κ2) is 5.67. The number of carbonyl (C=O) groups excluding carboxylic acids is 1. The molecule has 0 aliphatic carbocycles. The van der Waals surface area contributed by atoms with Crippen LogP contribution in [0.5, 0.6) is 0 Å². The third-order valence-corrected chi connectivity index (χ3v) is 2.21. The number of hydrogen-bond acceptors (Lipinski definition) is 3. The van der Waals surface area contributed by atoms with Crippen LogP contribution in [0.2, 0.25) is 0 Å². The van der Waals surface area contributed by atoms with E-state index in [-0.39, 0.29) is 0 Å². The minimum absolute atomic E-state index is 0.523. The van der Waals surface area contributed by atoms with Crippen LogP contribution in [0.25, 0.3) is 0 Å². The van der Waals surface area contributed by atoms with Crippen LogP contribution in [0.1, 0.15) is 33.3 Å². The average molecular weight is 249 g/mol. The van der Waals surface area contributed by atoms with E-state index >= 15 is 0 Å². The molecule has 1 rings (SSSR count). The molecule has 0 bridgehead atoms. The summed E-state index contributed by atoms with van der Waals surface area (Å²) < 4.78 is 5.77. The predicted molar refractivity (Wildman–Crippen MR) is 70.5 cm³/mol. The molecule has 0 unspecified atom stereocenters. The van der Waals surface area contributed by atoms with Gasteiger partial charge in [0.25, 0.3) is 6.04 Å². The van der Waals surface area contributed by atoms with Gasteiger partial charge in [-0.25, -0.2) is 4.79 Å². The van der Waals surface area contributed by atoms with Gasteiger partial charge in [-0.1, -0.05) is 18.2 Å². The van der Waals surface area contributed by atoms with Crippen molar-refractivity contribution in [2.24, 2.45) is 0 Å². The topological polar surface area (TPSA) is 52.4 Å². The van der Waals surface area contributed by atoms with Gasteiger partial charge in [0, 0.05) is 12.5 Å². The van der Waals surface area contributed by atoms with Crippen molar-refractivity contribution in [2.45, 2.75) is 39.3 Å². The summed E-state index contributed by atoms with van der Waals surface area (Å²) in [5.41, 5.74) is 0.168. The lowest BCUT2D eigenvalue weighted by Gasteiger charge is -2.21. The van der Waals surface area contributed by atoms with Crippen molar-refractivity contribution in [1.29, 1.82) is 0 Å². The van der Waals surface area contributed by atoms with Gasteiger partial charge in [0.1, 0.15) is 5.60 Å². The average Bonchev–Trinajstić information content (AvgIpc) is 2.27. The third-order valence-electron chi connectivity index (χ3n) is 2.21. The van der Waals surface area contributed by atoms with E-state index in [1.807, 2.05) is 18.2 Å². The van der Waals surface area contributed by atoms with Crippen molar-refractivity contribution in [3.63, 3.8) is 0 Å². The SMILES string of the molecule is C[C@@H](C(=O)OC(C)(C)C)[N+]([O-])=Cc1ccccc1. The predicted octanol–water partition coefficient (Wildman–Crippen LogP) is 2.35. The highest BCUT2D eigenvalue weighted by molar-refractivity contribution is 5.78.